The minimum absolute atomic E-state index is 0.0884. The predicted octanol–water partition coefficient (Wildman–Crippen LogP) is 8.74. The maximum absolute atomic E-state index is 13.9. The third-order valence-electron chi connectivity index (χ3n) is 9.16. The van der Waals surface area contributed by atoms with Gasteiger partial charge < -0.3 is 24.3 Å². The van der Waals surface area contributed by atoms with Gasteiger partial charge in [-0.3, -0.25) is 9.59 Å². The van der Waals surface area contributed by atoms with Gasteiger partial charge in [0, 0.05) is 29.9 Å². The van der Waals surface area contributed by atoms with Crippen LogP contribution >= 0.6 is 0 Å². The molecule has 52 heavy (non-hydrogen) atoms. The molecule has 5 aromatic rings. The highest BCUT2D eigenvalue weighted by molar-refractivity contribution is 5.95. The number of H-pyrrole nitrogens is 1. The summed E-state index contributed by atoms with van der Waals surface area (Å²) in [6, 6.07) is 33.1. The molecular formula is C44H49NO7. The van der Waals surface area contributed by atoms with Crippen LogP contribution in [-0.2, 0) is 38.5 Å². The molecule has 1 aromatic heterocycles. The summed E-state index contributed by atoms with van der Waals surface area (Å²) in [7, 11) is 0. The van der Waals surface area contributed by atoms with E-state index in [4.69, 9.17) is 14.2 Å². The normalized spacial score (nSPS) is 12.9. The van der Waals surface area contributed by atoms with Gasteiger partial charge in [0.25, 0.3) is 0 Å². The summed E-state index contributed by atoms with van der Waals surface area (Å²) in [5.74, 6) is -1.31. The highest BCUT2D eigenvalue weighted by Gasteiger charge is 2.37. The lowest BCUT2D eigenvalue weighted by Crippen LogP contribution is -2.48. The number of rotatable bonds is 21. The highest BCUT2D eigenvalue weighted by atomic mass is 16.6. The molecule has 0 amide bonds. The average molecular weight is 704 g/mol. The van der Waals surface area contributed by atoms with Crippen LogP contribution in [0.5, 0.6) is 5.75 Å². The maximum atomic E-state index is 13.9. The first kappa shape index (κ1) is 38.0. The number of benzene rings is 4. The number of ketones is 1. The van der Waals surface area contributed by atoms with Gasteiger partial charge in [-0.2, -0.15) is 0 Å². The van der Waals surface area contributed by atoms with Crippen LogP contribution in [0, 0.1) is 0 Å². The summed E-state index contributed by atoms with van der Waals surface area (Å²) in [4.78, 5) is 43.2. The van der Waals surface area contributed by atoms with Crippen LogP contribution in [0.15, 0.2) is 115 Å². The number of aromatic nitrogens is 1. The second-order valence-electron chi connectivity index (χ2n) is 13.2. The standard InChI is InChI=1S/C44H49NO7/c1-2-3-4-5-6-9-14-32-19-22-37(23-20-32)51-43(39(46)25-26-41(47)50-31-34-17-12-8-13-18-34)42(48)40(29-33-15-10-7-11-16-33)52-44(49)36-21-24-38-35(30-36)27-28-45-38/h7-8,10-13,15-24,27-28,30,40,42-43,45,48H,2-6,9,14,25-26,29,31H2,1H3. The summed E-state index contributed by atoms with van der Waals surface area (Å²) in [5, 5.41) is 12.8. The van der Waals surface area contributed by atoms with Crippen LogP contribution in [0.2, 0.25) is 0 Å². The number of ether oxygens (including phenoxy) is 3. The Morgan fingerprint density at radius 1 is 0.731 bits per heavy atom. The van der Waals surface area contributed by atoms with E-state index in [0.29, 0.717) is 11.3 Å². The van der Waals surface area contributed by atoms with Crippen molar-refractivity contribution in [2.75, 3.05) is 0 Å². The molecular weight excluding hydrogens is 654 g/mol. The molecule has 0 aliphatic rings. The van der Waals surface area contributed by atoms with Crippen LogP contribution in [0.4, 0.5) is 0 Å². The van der Waals surface area contributed by atoms with Gasteiger partial charge in [0.2, 0.25) is 0 Å². The Kier molecular flexibility index (Phi) is 14.6. The lowest BCUT2D eigenvalue weighted by molar-refractivity contribution is -0.147. The number of aliphatic hydroxyl groups excluding tert-OH is 1. The first-order chi connectivity index (χ1) is 25.4. The number of esters is 2. The number of aromatic amines is 1. The van der Waals surface area contributed by atoms with Crippen molar-refractivity contribution in [3.63, 3.8) is 0 Å². The highest BCUT2D eigenvalue weighted by Crippen LogP contribution is 2.24. The zero-order valence-corrected chi connectivity index (χ0v) is 29.9. The number of hydrogen-bond donors (Lipinski definition) is 2. The Balaban J connectivity index is 1.32. The number of aryl methyl sites for hydroxylation is 1. The van der Waals surface area contributed by atoms with Gasteiger partial charge in [-0.05, 0) is 65.9 Å². The summed E-state index contributed by atoms with van der Waals surface area (Å²) in [5.41, 5.74) is 3.97. The fourth-order valence-corrected chi connectivity index (χ4v) is 6.15. The van der Waals surface area contributed by atoms with Crippen molar-refractivity contribution in [1.82, 2.24) is 4.98 Å². The molecule has 8 nitrogen and oxygen atoms in total. The van der Waals surface area contributed by atoms with Crippen molar-refractivity contribution in [2.45, 2.75) is 96.1 Å². The van der Waals surface area contributed by atoms with Crippen molar-refractivity contribution in [3.05, 3.63) is 138 Å². The topological polar surface area (TPSA) is 115 Å². The van der Waals surface area contributed by atoms with Gasteiger partial charge in [0.15, 0.2) is 11.9 Å². The molecule has 1 heterocycles. The van der Waals surface area contributed by atoms with Crippen molar-refractivity contribution in [2.24, 2.45) is 0 Å². The van der Waals surface area contributed by atoms with Gasteiger partial charge in [-0.15, -0.1) is 0 Å². The molecule has 3 atom stereocenters. The van der Waals surface area contributed by atoms with Crippen LogP contribution in [0.3, 0.4) is 0 Å². The Hall–Kier alpha value is -5.21. The van der Waals surface area contributed by atoms with Crippen LogP contribution < -0.4 is 4.74 Å². The largest absolute Gasteiger partial charge is 0.480 e. The third-order valence-corrected chi connectivity index (χ3v) is 9.16. The maximum Gasteiger partial charge on any atom is 0.338 e. The predicted molar refractivity (Wildman–Crippen MR) is 202 cm³/mol. The molecule has 0 spiro atoms. The van der Waals surface area contributed by atoms with E-state index < -0.39 is 36.0 Å². The quantitative estimate of drug-likeness (QED) is 0.0580. The lowest BCUT2D eigenvalue weighted by atomic mass is 9.96. The molecule has 0 aliphatic carbocycles. The average Bonchev–Trinajstić information content (AvgIpc) is 3.66. The van der Waals surface area contributed by atoms with E-state index in [0.717, 1.165) is 40.4 Å². The minimum Gasteiger partial charge on any atom is -0.480 e. The Morgan fingerprint density at radius 3 is 2.15 bits per heavy atom. The molecule has 272 valence electrons. The number of carbonyl (C=O) groups is 3. The lowest BCUT2D eigenvalue weighted by Gasteiger charge is -2.29. The molecule has 0 saturated heterocycles. The molecule has 2 N–H and O–H groups in total. The number of hydrogen-bond acceptors (Lipinski definition) is 7. The number of fused-ring (bicyclic) bond motifs is 1. The smallest absolute Gasteiger partial charge is 0.338 e. The van der Waals surface area contributed by atoms with E-state index in [9.17, 15) is 19.5 Å². The Morgan fingerprint density at radius 2 is 1.42 bits per heavy atom. The number of aliphatic hydroxyl groups is 1. The first-order valence-corrected chi connectivity index (χ1v) is 18.4. The second kappa shape index (κ2) is 20.0. The van der Waals surface area contributed by atoms with E-state index >= 15 is 0 Å². The van der Waals surface area contributed by atoms with Crippen LogP contribution in [0.1, 0.15) is 85.3 Å². The van der Waals surface area contributed by atoms with Gasteiger partial charge >= 0.3 is 11.9 Å². The number of Topliss-reactive ketones (excluding diaryl/α,β-unsaturated/α-hetero) is 1. The molecule has 8 heteroatoms. The number of unbranched alkanes of at least 4 members (excludes halogenated alkanes) is 5. The molecule has 0 aliphatic heterocycles. The Bertz CT molecular complexity index is 1840. The van der Waals surface area contributed by atoms with E-state index in [1.165, 1.54) is 32.1 Å². The van der Waals surface area contributed by atoms with Gasteiger partial charge in [-0.1, -0.05) is 112 Å². The summed E-state index contributed by atoms with van der Waals surface area (Å²) >= 11 is 0. The summed E-state index contributed by atoms with van der Waals surface area (Å²) in [6.45, 7) is 2.30. The zero-order valence-electron chi connectivity index (χ0n) is 29.9. The molecule has 4 aromatic carbocycles. The van der Waals surface area contributed by atoms with Gasteiger partial charge in [0.1, 0.15) is 24.6 Å². The fourth-order valence-electron chi connectivity index (χ4n) is 6.15. The summed E-state index contributed by atoms with van der Waals surface area (Å²) in [6.07, 6.45) is 5.52. The molecule has 0 bridgehead atoms. The second-order valence-corrected chi connectivity index (χ2v) is 13.2. The van der Waals surface area contributed by atoms with Crippen molar-refractivity contribution >= 4 is 28.6 Å². The van der Waals surface area contributed by atoms with Crippen molar-refractivity contribution in [3.8, 4) is 5.75 Å². The van der Waals surface area contributed by atoms with Crippen LogP contribution in [0.25, 0.3) is 10.9 Å². The molecule has 0 radical (unpaired) electrons. The number of nitrogens with one attached hydrogen (secondary N) is 1. The third kappa shape index (κ3) is 11.7. The van der Waals surface area contributed by atoms with E-state index in [1.54, 1.807) is 36.5 Å². The Labute approximate surface area is 306 Å². The SMILES string of the molecule is CCCCCCCCc1ccc(OC(C(=O)CCC(=O)OCc2ccccc2)C(O)C(Cc2ccccc2)OC(=O)c2ccc3[nH]ccc3c2)cc1. The van der Waals surface area contributed by atoms with Crippen molar-refractivity contribution in [1.29, 1.82) is 0 Å². The monoisotopic (exact) mass is 703 g/mol. The van der Waals surface area contributed by atoms with Gasteiger partial charge in [-0.25, -0.2) is 4.79 Å². The first-order valence-electron chi connectivity index (χ1n) is 18.4. The van der Waals surface area contributed by atoms with E-state index in [2.05, 4.69) is 11.9 Å². The van der Waals surface area contributed by atoms with Crippen LogP contribution in [-0.4, -0.2) is 46.1 Å². The number of carbonyl (C=O) groups excluding carboxylic acids is 3. The molecule has 5 rings (SSSR count). The van der Waals surface area contributed by atoms with Gasteiger partial charge in [0.05, 0.1) is 12.0 Å². The van der Waals surface area contributed by atoms with E-state index in [-0.39, 0.29) is 25.9 Å². The van der Waals surface area contributed by atoms with Crippen molar-refractivity contribution < 1.29 is 33.7 Å². The molecule has 0 fully saturated rings. The summed E-state index contributed by atoms with van der Waals surface area (Å²) < 4.78 is 17.6. The van der Waals surface area contributed by atoms with E-state index in [1.807, 2.05) is 78.9 Å². The minimum atomic E-state index is -1.56. The molecule has 3 unspecified atom stereocenters. The zero-order chi connectivity index (χ0) is 36.5. The fraction of sp³-hybridized carbons (Fsp3) is 0.341. The molecule has 0 saturated carbocycles.